The molecular formula is C48H29N3O2. The topological polar surface area (TPSA) is 55.3 Å². The Balaban J connectivity index is 1.20. The van der Waals surface area contributed by atoms with E-state index < -0.39 is 18.1 Å². The van der Waals surface area contributed by atoms with Crippen LogP contribution in [0.1, 0.15) is 6.85 Å². The van der Waals surface area contributed by atoms with Crippen LogP contribution in [0.5, 0.6) is 0 Å². The lowest BCUT2D eigenvalue weighted by Crippen LogP contribution is -2.10. The molecule has 0 amide bonds. The van der Waals surface area contributed by atoms with Crippen molar-refractivity contribution in [3.8, 4) is 22.6 Å². The van der Waals surface area contributed by atoms with E-state index in [9.17, 15) is 0 Å². The maximum atomic E-state index is 8.85. The van der Waals surface area contributed by atoms with E-state index in [1.807, 2.05) is 84.9 Å². The first kappa shape index (κ1) is 24.8. The Morgan fingerprint density at radius 2 is 1.19 bits per heavy atom. The number of nitrogens with zero attached hydrogens (tertiary/aromatic N) is 3. The number of hydrogen-bond donors (Lipinski definition) is 0. The Hall–Kier alpha value is -7.24. The molecule has 11 rings (SSSR count). The number of benzene rings is 8. The van der Waals surface area contributed by atoms with Crippen molar-refractivity contribution in [2.24, 2.45) is 0 Å². The van der Waals surface area contributed by atoms with Gasteiger partial charge in [-0.3, -0.25) is 0 Å². The van der Waals surface area contributed by atoms with Crippen LogP contribution in [0.25, 0.3) is 88.2 Å². The fourth-order valence-electron chi connectivity index (χ4n) is 7.53. The third-order valence-corrected chi connectivity index (χ3v) is 9.94. The highest BCUT2D eigenvalue weighted by atomic mass is 16.3. The van der Waals surface area contributed by atoms with E-state index in [-0.39, 0.29) is 23.3 Å². The molecule has 0 saturated heterocycles. The summed E-state index contributed by atoms with van der Waals surface area (Å²) in [4.78, 5) is 12.3. The largest absolute Gasteiger partial charge is 0.456 e. The van der Waals surface area contributed by atoms with E-state index in [0.29, 0.717) is 33.5 Å². The molecule has 0 N–H and O–H groups in total. The fraction of sp³-hybridized carbons (Fsp3) is 0. The summed E-state index contributed by atoms with van der Waals surface area (Å²) in [6.45, 7) is 0. The van der Waals surface area contributed by atoms with Gasteiger partial charge in [0.05, 0.1) is 29.4 Å². The molecular weight excluding hydrogens is 651 g/mol. The molecule has 8 aromatic carbocycles. The van der Waals surface area contributed by atoms with Gasteiger partial charge in [-0.15, -0.1) is 0 Å². The molecule has 11 aromatic rings. The van der Waals surface area contributed by atoms with Gasteiger partial charge in [0.1, 0.15) is 16.7 Å². The van der Waals surface area contributed by atoms with Gasteiger partial charge < -0.3 is 13.7 Å². The van der Waals surface area contributed by atoms with Crippen molar-refractivity contribution in [3.63, 3.8) is 0 Å². The molecule has 0 aliphatic heterocycles. The lowest BCUT2D eigenvalue weighted by molar-refractivity contribution is 0.667. The first-order valence-electron chi connectivity index (χ1n) is 19.8. The summed E-state index contributed by atoms with van der Waals surface area (Å²) in [6.07, 6.45) is 0. The van der Waals surface area contributed by atoms with Gasteiger partial charge in [0, 0.05) is 49.8 Å². The van der Waals surface area contributed by atoms with E-state index in [1.165, 1.54) is 0 Å². The molecule has 248 valence electrons. The Morgan fingerprint density at radius 3 is 2.06 bits per heavy atom. The van der Waals surface area contributed by atoms with Crippen molar-refractivity contribution >= 4 is 82.6 Å². The number of aromatic nitrogens is 2. The summed E-state index contributed by atoms with van der Waals surface area (Å²) < 4.78 is 56.0. The van der Waals surface area contributed by atoms with Gasteiger partial charge in [-0.1, -0.05) is 115 Å². The molecule has 0 bridgehead atoms. The minimum Gasteiger partial charge on any atom is -0.456 e. The predicted molar refractivity (Wildman–Crippen MR) is 217 cm³/mol. The number of rotatable bonds is 5. The van der Waals surface area contributed by atoms with Crippen molar-refractivity contribution in [2.75, 3.05) is 4.90 Å². The third kappa shape index (κ3) is 4.71. The van der Waals surface area contributed by atoms with Gasteiger partial charge in [-0.25, -0.2) is 9.97 Å². The maximum absolute atomic E-state index is 8.85. The zero-order valence-electron chi connectivity index (χ0n) is 33.0. The van der Waals surface area contributed by atoms with Gasteiger partial charge in [0.15, 0.2) is 11.4 Å². The summed E-state index contributed by atoms with van der Waals surface area (Å²) in [5.41, 5.74) is 6.87. The highest BCUT2D eigenvalue weighted by Gasteiger charge is 2.24. The molecule has 53 heavy (non-hydrogen) atoms. The second kappa shape index (κ2) is 11.7. The molecule has 0 saturated carbocycles. The minimum absolute atomic E-state index is 0.0132. The molecule has 3 heterocycles. The first-order valence-corrected chi connectivity index (χ1v) is 17.3. The second-order valence-corrected chi connectivity index (χ2v) is 13.0. The van der Waals surface area contributed by atoms with Crippen LogP contribution in [-0.4, -0.2) is 9.97 Å². The van der Waals surface area contributed by atoms with Crippen LogP contribution >= 0.6 is 0 Å². The molecule has 0 spiro atoms. The molecule has 5 nitrogen and oxygen atoms in total. The first-order chi connectivity index (χ1) is 28.3. The van der Waals surface area contributed by atoms with Crippen LogP contribution in [0.4, 0.5) is 17.1 Å². The highest BCUT2D eigenvalue weighted by molar-refractivity contribution is 6.17. The average molecular weight is 685 g/mol. The highest BCUT2D eigenvalue weighted by Crippen LogP contribution is 2.47. The van der Waals surface area contributed by atoms with Crippen LogP contribution in [0.15, 0.2) is 185 Å². The summed E-state index contributed by atoms with van der Waals surface area (Å²) in [6, 6.07) is 46.1. The Morgan fingerprint density at radius 1 is 0.509 bits per heavy atom. The molecule has 0 aliphatic rings. The van der Waals surface area contributed by atoms with Gasteiger partial charge in [0.25, 0.3) is 0 Å². The Kier molecular flexibility index (Phi) is 5.46. The predicted octanol–water partition coefficient (Wildman–Crippen LogP) is 13.4. The molecule has 0 unspecified atom stereocenters. The second-order valence-electron chi connectivity index (χ2n) is 13.0. The van der Waals surface area contributed by atoms with E-state index in [2.05, 4.69) is 59.5 Å². The fourth-order valence-corrected chi connectivity index (χ4v) is 7.53. The zero-order valence-corrected chi connectivity index (χ0v) is 28.0. The van der Waals surface area contributed by atoms with Crippen LogP contribution in [0.2, 0.25) is 0 Å². The third-order valence-electron chi connectivity index (χ3n) is 9.94. The quantitative estimate of drug-likeness (QED) is 0.181. The smallest absolute Gasteiger partial charge is 0.161 e. The van der Waals surface area contributed by atoms with E-state index in [0.717, 1.165) is 60.5 Å². The van der Waals surface area contributed by atoms with Crippen molar-refractivity contribution in [1.29, 1.82) is 0 Å². The number of fused-ring (bicyclic) bond motifs is 8. The van der Waals surface area contributed by atoms with Crippen molar-refractivity contribution in [3.05, 3.63) is 176 Å². The van der Waals surface area contributed by atoms with Crippen LogP contribution in [-0.2, 0) is 0 Å². The normalized spacial score (nSPS) is 13.1. The summed E-state index contributed by atoms with van der Waals surface area (Å²) in [5.74, 6) is 0.324. The summed E-state index contributed by atoms with van der Waals surface area (Å²) in [5, 5.41) is 6.45. The van der Waals surface area contributed by atoms with Gasteiger partial charge in [-0.05, 0) is 65.4 Å². The molecule has 0 radical (unpaired) electrons. The number of furan rings is 2. The Labute approximate surface area is 311 Å². The number of para-hydroxylation sites is 3. The number of anilines is 3. The summed E-state index contributed by atoms with van der Waals surface area (Å²) in [7, 11) is 0. The van der Waals surface area contributed by atoms with Crippen LogP contribution in [0.3, 0.4) is 0 Å². The monoisotopic (exact) mass is 684 g/mol. The zero-order chi connectivity index (χ0) is 39.2. The van der Waals surface area contributed by atoms with Crippen molar-refractivity contribution in [1.82, 2.24) is 9.97 Å². The van der Waals surface area contributed by atoms with Crippen molar-refractivity contribution in [2.45, 2.75) is 0 Å². The van der Waals surface area contributed by atoms with Crippen molar-refractivity contribution < 1.29 is 15.7 Å². The molecule has 5 heteroatoms. The molecule has 0 atom stereocenters. The average Bonchev–Trinajstić information content (AvgIpc) is 3.84. The van der Waals surface area contributed by atoms with Crippen LogP contribution < -0.4 is 4.90 Å². The molecule has 3 aromatic heterocycles. The lowest BCUT2D eigenvalue weighted by Gasteiger charge is -2.26. The Bertz CT molecular complexity index is 3480. The lowest BCUT2D eigenvalue weighted by atomic mass is 10.0. The molecule has 0 aliphatic carbocycles. The van der Waals surface area contributed by atoms with E-state index in [4.69, 9.17) is 25.7 Å². The SMILES string of the molecule is [2H]c1c([2H])c([2H])c(-c2nc(-c3ccc(N(c4ccc5ccccc5c4)c4ccc5c(c4)oc4ccccc45)c4oc5ccccc5c34)nc3ccccc23)c([2H])c1[2H]. The van der Waals surface area contributed by atoms with E-state index in [1.54, 1.807) is 6.07 Å². The van der Waals surface area contributed by atoms with Crippen LogP contribution in [0, 0.1) is 0 Å². The summed E-state index contributed by atoms with van der Waals surface area (Å²) >= 11 is 0. The number of hydrogen-bond acceptors (Lipinski definition) is 5. The minimum atomic E-state index is -0.463. The van der Waals surface area contributed by atoms with Gasteiger partial charge >= 0.3 is 0 Å². The van der Waals surface area contributed by atoms with E-state index >= 15 is 0 Å². The van der Waals surface area contributed by atoms with Gasteiger partial charge in [0.2, 0.25) is 0 Å². The van der Waals surface area contributed by atoms with Gasteiger partial charge in [-0.2, -0.15) is 0 Å². The molecule has 0 fully saturated rings. The maximum Gasteiger partial charge on any atom is 0.161 e. The standard InChI is InChI=1S/C48H29N3O2/c1-2-13-31(14-3-1)46-37-17-6-9-19-40(37)49-48(50-46)39-26-27-41(47-45(39)38-18-8-11-21-43(38)53-47)51(33-23-22-30-12-4-5-15-32(30)28-33)34-24-25-36-35-16-7-10-20-42(35)52-44(36)29-34/h1-29H/i1D,2D,3D,13D,14D.